The number of nitrogens with zero attached hydrogens (tertiary/aromatic N) is 1. The van der Waals surface area contributed by atoms with Crippen molar-refractivity contribution in [1.29, 1.82) is 0 Å². The molecule has 1 fully saturated rings. The first-order valence-electron chi connectivity index (χ1n) is 7.57. The van der Waals surface area contributed by atoms with Crippen LogP contribution in [-0.2, 0) is 0 Å². The van der Waals surface area contributed by atoms with Crippen molar-refractivity contribution >= 4 is 18.3 Å². The molecule has 0 aromatic heterocycles. The van der Waals surface area contributed by atoms with Gasteiger partial charge < -0.3 is 19.7 Å². The normalized spacial score (nSPS) is 14.5. The molecular weight excluding hydrogens is 316 g/mol. The van der Waals surface area contributed by atoms with Crippen LogP contribution in [-0.4, -0.2) is 50.7 Å². The highest BCUT2D eigenvalue weighted by Gasteiger charge is 2.23. The van der Waals surface area contributed by atoms with E-state index in [9.17, 15) is 4.79 Å². The fourth-order valence-corrected chi connectivity index (χ4v) is 2.63. The van der Waals surface area contributed by atoms with Crippen molar-refractivity contribution in [2.75, 3.05) is 33.9 Å². The topological polar surface area (TPSA) is 50.8 Å². The summed E-state index contributed by atoms with van der Waals surface area (Å²) < 4.78 is 10.8. The van der Waals surface area contributed by atoms with Gasteiger partial charge in [0, 0.05) is 18.7 Å². The lowest BCUT2D eigenvalue weighted by molar-refractivity contribution is 0.0703. The van der Waals surface area contributed by atoms with E-state index in [4.69, 9.17) is 9.47 Å². The fourth-order valence-electron chi connectivity index (χ4n) is 2.63. The van der Waals surface area contributed by atoms with E-state index in [-0.39, 0.29) is 24.4 Å². The number of amides is 1. The van der Waals surface area contributed by atoms with Gasteiger partial charge >= 0.3 is 0 Å². The molecule has 6 heteroatoms. The molecule has 1 saturated heterocycles. The molecule has 0 unspecified atom stereocenters. The Hall–Kier alpha value is -1.72. The highest BCUT2D eigenvalue weighted by atomic mass is 35.5. The van der Waals surface area contributed by atoms with Crippen LogP contribution in [0, 0.1) is 0 Å². The van der Waals surface area contributed by atoms with Crippen molar-refractivity contribution in [3.63, 3.8) is 0 Å². The predicted molar refractivity (Wildman–Crippen MR) is 93.9 cm³/mol. The largest absolute Gasteiger partial charge is 0.493 e. The number of piperidine rings is 1. The van der Waals surface area contributed by atoms with Gasteiger partial charge in [0.2, 0.25) is 0 Å². The second-order valence-electron chi connectivity index (χ2n) is 5.36. The number of rotatable bonds is 6. The van der Waals surface area contributed by atoms with Gasteiger partial charge in [-0.1, -0.05) is 12.7 Å². The SMILES string of the molecule is C=CCOc1ccc(C(=O)N(C)C2CCNCC2)cc1OC.Cl. The van der Waals surface area contributed by atoms with Crippen molar-refractivity contribution in [2.24, 2.45) is 0 Å². The summed E-state index contributed by atoms with van der Waals surface area (Å²) in [5, 5.41) is 3.31. The average molecular weight is 341 g/mol. The van der Waals surface area contributed by atoms with Crippen LogP contribution in [0.5, 0.6) is 11.5 Å². The predicted octanol–water partition coefficient (Wildman–Crippen LogP) is 2.51. The van der Waals surface area contributed by atoms with Crippen LogP contribution >= 0.6 is 12.4 Å². The quantitative estimate of drug-likeness (QED) is 0.808. The second kappa shape index (κ2) is 9.43. The molecular formula is C17H25ClN2O3. The maximum atomic E-state index is 12.6. The number of benzene rings is 1. The lowest BCUT2D eigenvalue weighted by Gasteiger charge is -2.31. The van der Waals surface area contributed by atoms with E-state index in [0.29, 0.717) is 23.7 Å². The first kappa shape index (κ1) is 19.3. The summed E-state index contributed by atoms with van der Waals surface area (Å²) in [6.07, 6.45) is 3.64. The van der Waals surface area contributed by atoms with E-state index < -0.39 is 0 Å². The first-order valence-corrected chi connectivity index (χ1v) is 7.57. The molecule has 2 rings (SSSR count). The summed E-state index contributed by atoms with van der Waals surface area (Å²) >= 11 is 0. The van der Waals surface area contributed by atoms with E-state index in [1.54, 1.807) is 31.4 Å². The highest BCUT2D eigenvalue weighted by Crippen LogP contribution is 2.29. The molecule has 1 heterocycles. The van der Waals surface area contributed by atoms with E-state index >= 15 is 0 Å². The maximum absolute atomic E-state index is 12.6. The number of hydrogen-bond donors (Lipinski definition) is 1. The Morgan fingerprint density at radius 2 is 2.09 bits per heavy atom. The smallest absolute Gasteiger partial charge is 0.253 e. The molecule has 0 bridgehead atoms. The zero-order valence-corrected chi connectivity index (χ0v) is 14.5. The van der Waals surface area contributed by atoms with E-state index in [1.165, 1.54) is 0 Å². The summed E-state index contributed by atoms with van der Waals surface area (Å²) in [5.74, 6) is 1.19. The molecule has 1 amide bonds. The molecule has 0 spiro atoms. The van der Waals surface area contributed by atoms with E-state index in [1.807, 2.05) is 11.9 Å². The third-order valence-corrected chi connectivity index (χ3v) is 3.94. The number of carbonyl (C=O) groups is 1. The third kappa shape index (κ3) is 4.88. The summed E-state index contributed by atoms with van der Waals surface area (Å²) in [6.45, 7) is 5.94. The van der Waals surface area contributed by atoms with Crippen molar-refractivity contribution in [3.05, 3.63) is 36.4 Å². The van der Waals surface area contributed by atoms with Gasteiger partial charge in [-0.25, -0.2) is 0 Å². The monoisotopic (exact) mass is 340 g/mol. The minimum Gasteiger partial charge on any atom is -0.493 e. The third-order valence-electron chi connectivity index (χ3n) is 3.94. The molecule has 0 atom stereocenters. The second-order valence-corrected chi connectivity index (χ2v) is 5.36. The molecule has 1 aliphatic rings. The lowest BCUT2D eigenvalue weighted by atomic mass is 10.0. The van der Waals surface area contributed by atoms with Crippen LogP contribution in [0.25, 0.3) is 0 Å². The van der Waals surface area contributed by atoms with Crippen molar-refractivity contribution in [2.45, 2.75) is 18.9 Å². The lowest BCUT2D eigenvalue weighted by Crippen LogP contribution is -2.43. The molecule has 128 valence electrons. The molecule has 23 heavy (non-hydrogen) atoms. The Bertz CT molecular complexity index is 531. The first-order chi connectivity index (χ1) is 10.7. The number of methoxy groups -OCH3 is 1. The zero-order chi connectivity index (χ0) is 15.9. The number of carbonyl (C=O) groups excluding carboxylic acids is 1. The minimum atomic E-state index is 0. The highest BCUT2D eigenvalue weighted by molar-refractivity contribution is 5.95. The number of ether oxygens (including phenoxy) is 2. The summed E-state index contributed by atoms with van der Waals surface area (Å²) in [5.41, 5.74) is 0.615. The van der Waals surface area contributed by atoms with Gasteiger partial charge in [0.15, 0.2) is 11.5 Å². The van der Waals surface area contributed by atoms with E-state index in [0.717, 1.165) is 25.9 Å². The Kier molecular flexibility index (Phi) is 7.92. The molecule has 0 aliphatic carbocycles. The van der Waals surface area contributed by atoms with Crippen LogP contribution in [0.15, 0.2) is 30.9 Å². The maximum Gasteiger partial charge on any atom is 0.253 e. The fraction of sp³-hybridized carbons (Fsp3) is 0.471. The Labute approximate surface area is 144 Å². The van der Waals surface area contributed by atoms with Gasteiger partial charge in [0.25, 0.3) is 5.91 Å². The van der Waals surface area contributed by atoms with Gasteiger partial charge in [0.1, 0.15) is 6.61 Å². The zero-order valence-electron chi connectivity index (χ0n) is 13.7. The summed E-state index contributed by atoms with van der Waals surface area (Å²) in [6, 6.07) is 5.57. The number of nitrogens with one attached hydrogen (secondary N) is 1. The van der Waals surface area contributed by atoms with Crippen LogP contribution in [0.2, 0.25) is 0 Å². The molecule has 1 aromatic carbocycles. The van der Waals surface area contributed by atoms with Gasteiger partial charge in [-0.3, -0.25) is 4.79 Å². The van der Waals surface area contributed by atoms with Crippen LogP contribution in [0.4, 0.5) is 0 Å². The van der Waals surface area contributed by atoms with Crippen LogP contribution < -0.4 is 14.8 Å². The van der Waals surface area contributed by atoms with Crippen molar-refractivity contribution in [1.82, 2.24) is 10.2 Å². The van der Waals surface area contributed by atoms with E-state index in [2.05, 4.69) is 11.9 Å². The summed E-state index contributed by atoms with van der Waals surface area (Å²) in [7, 11) is 3.44. The Balaban J connectivity index is 0.00000264. The van der Waals surface area contributed by atoms with Gasteiger partial charge in [-0.15, -0.1) is 12.4 Å². The van der Waals surface area contributed by atoms with Crippen molar-refractivity contribution < 1.29 is 14.3 Å². The Morgan fingerprint density at radius 3 is 2.70 bits per heavy atom. The standard InChI is InChI=1S/C17H24N2O3.ClH/c1-4-11-22-15-6-5-13(12-16(15)21-3)17(20)19(2)14-7-9-18-10-8-14;/h4-6,12,14,18H,1,7-11H2,2-3H3;1H. The molecule has 1 aliphatic heterocycles. The van der Waals surface area contributed by atoms with Crippen LogP contribution in [0.3, 0.4) is 0 Å². The molecule has 1 N–H and O–H groups in total. The molecule has 5 nitrogen and oxygen atoms in total. The molecule has 1 aromatic rings. The summed E-state index contributed by atoms with van der Waals surface area (Å²) in [4.78, 5) is 14.5. The number of halogens is 1. The van der Waals surface area contributed by atoms with Gasteiger partial charge in [0.05, 0.1) is 7.11 Å². The minimum absolute atomic E-state index is 0. The van der Waals surface area contributed by atoms with Crippen molar-refractivity contribution in [3.8, 4) is 11.5 Å². The average Bonchev–Trinajstić information content (AvgIpc) is 2.59. The number of hydrogen-bond acceptors (Lipinski definition) is 4. The van der Waals surface area contributed by atoms with Gasteiger partial charge in [-0.05, 0) is 44.1 Å². The van der Waals surface area contributed by atoms with Gasteiger partial charge in [-0.2, -0.15) is 0 Å². The van der Waals surface area contributed by atoms with Crippen LogP contribution in [0.1, 0.15) is 23.2 Å². The molecule has 0 radical (unpaired) electrons. The Morgan fingerprint density at radius 1 is 1.39 bits per heavy atom. The molecule has 0 saturated carbocycles.